The van der Waals surface area contributed by atoms with Gasteiger partial charge in [-0.25, -0.2) is 8.42 Å². The summed E-state index contributed by atoms with van der Waals surface area (Å²) in [6, 6.07) is 6.22. The van der Waals surface area contributed by atoms with Crippen molar-refractivity contribution in [3.8, 4) is 0 Å². The molecule has 2 saturated heterocycles. The van der Waals surface area contributed by atoms with E-state index < -0.39 is 10.0 Å². The molecular formula is C15H23N3O2S. The van der Waals surface area contributed by atoms with Crippen LogP contribution in [0, 0.1) is 13.8 Å². The van der Waals surface area contributed by atoms with E-state index in [1.807, 2.05) is 26.0 Å². The van der Waals surface area contributed by atoms with Crippen molar-refractivity contribution in [2.75, 3.05) is 39.3 Å². The largest absolute Gasteiger partial charge is 0.314 e. The third kappa shape index (κ3) is 2.85. The number of aryl methyl sites for hydroxylation is 2. The van der Waals surface area contributed by atoms with E-state index in [9.17, 15) is 8.42 Å². The molecule has 0 saturated carbocycles. The van der Waals surface area contributed by atoms with Gasteiger partial charge in [-0.1, -0.05) is 12.1 Å². The molecule has 5 nitrogen and oxygen atoms in total. The summed E-state index contributed by atoms with van der Waals surface area (Å²) in [6.45, 7) is 8.70. The summed E-state index contributed by atoms with van der Waals surface area (Å²) in [5.74, 6) is 0. The maximum Gasteiger partial charge on any atom is 0.243 e. The highest BCUT2D eigenvalue weighted by molar-refractivity contribution is 7.89. The molecule has 116 valence electrons. The standard InChI is InChI=1S/C15H23N3O2S/c1-12-3-4-13(2)15(9-12)21(19,20)18-7-5-17(6-8-18)14-10-16-11-14/h3-4,9,14,16H,5-8,10-11H2,1-2H3. The lowest BCUT2D eigenvalue weighted by molar-refractivity contribution is 0.103. The molecule has 2 aliphatic rings. The van der Waals surface area contributed by atoms with Gasteiger partial charge in [-0.2, -0.15) is 4.31 Å². The molecule has 6 heteroatoms. The van der Waals surface area contributed by atoms with E-state index in [1.54, 1.807) is 10.4 Å². The lowest BCUT2D eigenvalue weighted by atomic mass is 10.1. The van der Waals surface area contributed by atoms with Gasteiger partial charge in [0.1, 0.15) is 0 Å². The van der Waals surface area contributed by atoms with Crippen LogP contribution in [0.15, 0.2) is 23.1 Å². The number of rotatable bonds is 3. The maximum atomic E-state index is 12.8. The lowest BCUT2D eigenvalue weighted by Gasteiger charge is -2.42. The minimum atomic E-state index is -3.36. The molecule has 0 unspecified atom stereocenters. The van der Waals surface area contributed by atoms with Gasteiger partial charge in [-0.05, 0) is 31.0 Å². The number of piperazine rings is 1. The summed E-state index contributed by atoms with van der Waals surface area (Å²) < 4.78 is 27.3. The number of hydrogen-bond donors (Lipinski definition) is 1. The minimum absolute atomic E-state index is 0.460. The average Bonchev–Trinajstić information content (AvgIpc) is 2.40. The van der Waals surface area contributed by atoms with E-state index >= 15 is 0 Å². The van der Waals surface area contributed by atoms with Crippen LogP contribution in [-0.4, -0.2) is 62.9 Å². The molecule has 0 atom stereocenters. The topological polar surface area (TPSA) is 52.7 Å². The molecule has 0 aliphatic carbocycles. The van der Waals surface area contributed by atoms with Crippen molar-refractivity contribution in [3.05, 3.63) is 29.3 Å². The molecule has 2 fully saturated rings. The molecule has 21 heavy (non-hydrogen) atoms. The Kier molecular flexibility index (Phi) is 4.05. The third-order valence-electron chi connectivity index (χ3n) is 4.51. The van der Waals surface area contributed by atoms with Gasteiger partial charge in [0.25, 0.3) is 0 Å². The van der Waals surface area contributed by atoms with Gasteiger partial charge in [0, 0.05) is 45.3 Å². The summed E-state index contributed by atoms with van der Waals surface area (Å²) in [6.07, 6.45) is 0. The number of sulfonamides is 1. The van der Waals surface area contributed by atoms with E-state index in [4.69, 9.17) is 0 Å². The zero-order chi connectivity index (χ0) is 15.0. The third-order valence-corrected chi connectivity index (χ3v) is 6.55. The van der Waals surface area contributed by atoms with Crippen LogP contribution in [-0.2, 0) is 10.0 Å². The Morgan fingerprint density at radius 1 is 1.10 bits per heavy atom. The van der Waals surface area contributed by atoms with E-state index in [-0.39, 0.29) is 0 Å². The Bertz CT molecular complexity index is 618. The fourth-order valence-electron chi connectivity index (χ4n) is 2.97. The fraction of sp³-hybridized carbons (Fsp3) is 0.600. The molecule has 2 heterocycles. The second-order valence-electron chi connectivity index (χ2n) is 6.02. The van der Waals surface area contributed by atoms with E-state index in [0.717, 1.165) is 37.3 Å². The predicted molar refractivity (Wildman–Crippen MR) is 82.9 cm³/mol. The van der Waals surface area contributed by atoms with Crippen molar-refractivity contribution in [1.82, 2.24) is 14.5 Å². The summed E-state index contributed by atoms with van der Waals surface area (Å²) in [5.41, 5.74) is 1.81. The molecule has 0 spiro atoms. The quantitative estimate of drug-likeness (QED) is 0.887. The Balaban J connectivity index is 1.75. The van der Waals surface area contributed by atoms with Crippen LogP contribution in [0.2, 0.25) is 0 Å². The molecule has 0 aromatic heterocycles. The van der Waals surface area contributed by atoms with Gasteiger partial charge < -0.3 is 5.32 Å². The van der Waals surface area contributed by atoms with Crippen LogP contribution in [0.1, 0.15) is 11.1 Å². The Morgan fingerprint density at radius 3 is 2.33 bits per heavy atom. The van der Waals surface area contributed by atoms with Gasteiger partial charge >= 0.3 is 0 Å². The van der Waals surface area contributed by atoms with Crippen molar-refractivity contribution in [1.29, 1.82) is 0 Å². The first-order valence-electron chi connectivity index (χ1n) is 7.50. The summed E-state index contributed by atoms with van der Waals surface area (Å²) in [7, 11) is -3.36. The molecular weight excluding hydrogens is 286 g/mol. The van der Waals surface area contributed by atoms with Crippen LogP contribution in [0.25, 0.3) is 0 Å². The highest BCUT2D eigenvalue weighted by Crippen LogP contribution is 2.23. The van der Waals surface area contributed by atoms with E-state index in [0.29, 0.717) is 24.0 Å². The molecule has 1 aromatic rings. The maximum absolute atomic E-state index is 12.8. The molecule has 0 amide bonds. The number of nitrogens with zero attached hydrogens (tertiary/aromatic N) is 2. The van der Waals surface area contributed by atoms with Crippen molar-refractivity contribution >= 4 is 10.0 Å². The molecule has 1 aromatic carbocycles. The van der Waals surface area contributed by atoms with Crippen LogP contribution in [0.3, 0.4) is 0 Å². The summed E-state index contributed by atoms with van der Waals surface area (Å²) in [5, 5.41) is 3.27. The second kappa shape index (κ2) is 5.68. The van der Waals surface area contributed by atoms with Crippen molar-refractivity contribution in [2.45, 2.75) is 24.8 Å². The van der Waals surface area contributed by atoms with E-state index in [1.165, 1.54) is 0 Å². The van der Waals surface area contributed by atoms with Gasteiger partial charge in [0.05, 0.1) is 4.90 Å². The van der Waals surface area contributed by atoms with Crippen molar-refractivity contribution < 1.29 is 8.42 Å². The summed E-state index contributed by atoms with van der Waals surface area (Å²) in [4.78, 5) is 2.85. The smallest absolute Gasteiger partial charge is 0.243 e. The van der Waals surface area contributed by atoms with Gasteiger partial charge in [0.2, 0.25) is 10.0 Å². The molecule has 0 radical (unpaired) electrons. The van der Waals surface area contributed by atoms with Crippen molar-refractivity contribution in [2.24, 2.45) is 0 Å². The second-order valence-corrected chi connectivity index (χ2v) is 7.93. The molecule has 3 rings (SSSR count). The zero-order valence-corrected chi connectivity index (χ0v) is 13.5. The highest BCUT2D eigenvalue weighted by Gasteiger charge is 2.33. The molecule has 1 N–H and O–H groups in total. The van der Waals surface area contributed by atoms with Crippen LogP contribution in [0.4, 0.5) is 0 Å². The monoisotopic (exact) mass is 309 g/mol. The average molecular weight is 309 g/mol. The van der Waals surface area contributed by atoms with Crippen LogP contribution in [0.5, 0.6) is 0 Å². The van der Waals surface area contributed by atoms with E-state index in [2.05, 4.69) is 10.2 Å². The molecule has 2 aliphatic heterocycles. The van der Waals surface area contributed by atoms with Gasteiger partial charge in [-0.15, -0.1) is 0 Å². The normalized spacial score (nSPS) is 22.2. The predicted octanol–water partition coefficient (Wildman–Crippen LogP) is 0.582. The Labute approximate surface area is 127 Å². The first-order valence-corrected chi connectivity index (χ1v) is 8.94. The minimum Gasteiger partial charge on any atom is -0.314 e. The highest BCUT2D eigenvalue weighted by atomic mass is 32.2. The first-order chi connectivity index (χ1) is 9.98. The summed E-state index contributed by atoms with van der Waals surface area (Å²) >= 11 is 0. The van der Waals surface area contributed by atoms with Gasteiger partial charge in [-0.3, -0.25) is 4.90 Å². The Hall–Kier alpha value is -0.950. The fourth-order valence-corrected chi connectivity index (χ4v) is 4.70. The SMILES string of the molecule is Cc1ccc(C)c(S(=O)(=O)N2CCN(C3CNC3)CC2)c1. The van der Waals surface area contributed by atoms with Crippen LogP contribution < -0.4 is 5.32 Å². The van der Waals surface area contributed by atoms with Crippen molar-refractivity contribution in [3.63, 3.8) is 0 Å². The lowest BCUT2D eigenvalue weighted by Crippen LogP contribution is -2.62. The number of hydrogen-bond acceptors (Lipinski definition) is 4. The molecule has 0 bridgehead atoms. The number of nitrogens with one attached hydrogen (secondary N) is 1. The Morgan fingerprint density at radius 2 is 1.76 bits per heavy atom. The first kappa shape index (κ1) is 15.0. The van der Waals surface area contributed by atoms with Gasteiger partial charge in [0.15, 0.2) is 0 Å². The number of benzene rings is 1. The zero-order valence-electron chi connectivity index (χ0n) is 12.7. The van der Waals surface area contributed by atoms with Crippen LogP contribution >= 0.6 is 0 Å².